The van der Waals surface area contributed by atoms with Gasteiger partial charge in [0.1, 0.15) is 0 Å². The fraction of sp³-hybridized carbons (Fsp3) is 0.263. The van der Waals surface area contributed by atoms with Crippen LogP contribution in [0.4, 0.5) is 17.1 Å². The molecule has 2 amide bonds. The fourth-order valence-electron chi connectivity index (χ4n) is 2.02. The molecular formula is C19H23N3O2. The maximum absolute atomic E-state index is 12.0. The van der Waals surface area contributed by atoms with Gasteiger partial charge in [0.2, 0.25) is 11.8 Å². The topological polar surface area (TPSA) is 70.2 Å². The van der Waals surface area contributed by atoms with Crippen LogP contribution in [0.5, 0.6) is 0 Å². The molecule has 5 nitrogen and oxygen atoms in total. The van der Waals surface area contributed by atoms with E-state index in [0.29, 0.717) is 11.4 Å². The van der Waals surface area contributed by atoms with E-state index in [1.165, 1.54) is 5.56 Å². The molecule has 0 aliphatic heterocycles. The molecule has 0 heterocycles. The van der Waals surface area contributed by atoms with E-state index in [2.05, 4.69) is 16.0 Å². The summed E-state index contributed by atoms with van der Waals surface area (Å²) < 4.78 is 0. The van der Waals surface area contributed by atoms with Gasteiger partial charge in [0, 0.05) is 23.0 Å². The number of carbonyl (C=O) groups is 2. The van der Waals surface area contributed by atoms with Crippen molar-refractivity contribution < 1.29 is 9.59 Å². The van der Waals surface area contributed by atoms with Crippen LogP contribution in [-0.4, -0.2) is 18.4 Å². The van der Waals surface area contributed by atoms with E-state index in [1.807, 2.05) is 45.0 Å². The molecule has 3 N–H and O–H groups in total. The first-order valence-corrected chi connectivity index (χ1v) is 7.95. The number of nitrogens with one attached hydrogen (secondary N) is 3. The molecule has 5 heteroatoms. The monoisotopic (exact) mass is 325 g/mol. The predicted molar refractivity (Wildman–Crippen MR) is 98.2 cm³/mol. The Kier molecular flexibility index (Phi) is 5.95. The van der Waals surface area contributed by atoms with Crippen molar-refractivity contribution in [3.8, 4) is 0 Å². The molecule has 0 spiro atoms. The SMILES string of the molecule is Cc1ccc(NCC(=O)Nc2cccc(NC(=O)C(C)C)c2)cc1. The van der Waals surface area contributed by atoms with Crippen LogP contribution in [0, 0.1) is 12.8 Å². The van der Waals surface area contributed by atoms with Crippen LogP contribution in [0.25, 0.3) is 0 Å². The van der Waals surface area contributed by atoms with Crippen LogP contribution in [0.3, 0.4) is 0 Å². The van der Waals surface area contributed by atoms with Crippen LogP contribution in [0.1, 0.15) is 19.4 Å². The molecule has 2 aromatic rings. The molecule has 0 aliphatic carbocycles. The highest BCUT2D eigenvalue weighted by Gasteiger charge is 2.08. The molecule has 126 valence electrons. The van der Waals surface area contributed by atoms with E-state index in [-0.39, 0.29) is 24.3 Å². The van der Waals surface area contributed by atoms with Crippen molar-refractivity contribution in [2.24, 2.45) is 5.92 Å². The van der Waals surface area contributed by atoms with E-state index < -0.39 is 0 Å². The van der Waals surface area contributed by atoms with Gasteiger partial charge in [-0.05, 0) is 37.3 Å². The minimum Gasteiger partial charge on any atom is -0.376 e. The summed E-state index contributed by atoms with van der Waals surface area (Å²) in [5, 5.41) is 8.70. The molecule has 2 rings (SSSR count). The van der Waals surface area contributed by atoms with Gasteiger partial charge in [-0.3, -0.25) is 9.59 Å². The Bertz CT molecular complexity index is 709. The Morgan fingerprint density at radius 1 is 0.917 bits per heavy atom. The van der Waals surface area contributed by atoms with Crippen molar-refractivity contribution in [3.63, 3.8) is 0 Å². The number of amides is 2. The molecule has 0 bridgehead atoms. The van der Waals surface area contributed by atoms with Gasteiger partial charge in [-0.2, -0.15) is 0 Å². The number of anilines is 3. The third-order valence-electron chi connectivity index (χ3n) is 3.44. The lowest BCUT2D eigenvalue weighted by Crippen LogP contribution is -2.22. The fourth-order valence-corrected chi connectivity index (χ4v) is 2.02. The molecule has 2 aromatic carbocycles. The van der Waals surface area contributed by atoms with Gasteiger partial charge in [0.05, 0.1) is 6.54 Å². The zero-order valence-corrected chi connectivity index (χ0v) is 14.2. The molecule has 0 aliphatic rings. The number of hydrogen-bond acceptors (Lipinski definition) is 3. The number of carbonyl (C=O) groups excluding carboxylic acids is 2. The summed E-state index contributed by atoms with van der Waals surface area (Å²) in [6.07, 6.45) is 0. The average Bonchev–Trinajstić information content (AvgIpc) is 2.54. The number of benzene rings is 2. The van der Waals surface area contributed by atoms with Crippen LogP contribution in [-0.2, 0) is 9.59 Å². The molecule has 0 aromatic heterocycles. The zero-order chi connectivity index (χ0) is 17.5. The minimum absolute atomic E-state index is 0.0560. The molecule has 24 heavy (non-hydrogen) atoms. The van der Waals surface area contributed by atoms with E-state index in [9.17, 15) is 9.59 Å². The number of hydrogen-bond donors (Lipinski definition) is 3. The average molecular weight is 325 g/mol. The highest BCUT2D eigenvalue weighted by molar-refractivity contribution is 5.96. The normalized spacial score (nSPS) is 10.3. The van der Waals surface area contributed by atoms with E-state index in [1.54, 1.807) is 24.3 Å². The Labute approximate surface area is 142 Å². The molecule has 0 unspecified atom stereocenters. The smallest absolute Gasteiger partial charge is 0.243 e. The highest BCUT2D eigenvalue weighted by atomic mass is 16.2. The van der Waals surface area contributed by atoms with Gasteiger partial charge >= 0.3 is 0 Å². The number of aryl methyl sites for hydroxylation is 1. The Morgan fingerprint density at radius 3 is 2.17 bits per heavy atom. The summed E-state index contributed by atoms with van der Waals surface area (Å²) in [6.45, 7) is 5.85. The first-order chi connectivity index (χ1) is 11.4. The molecule has 0 saturated carbocycles. The molecule has 0 radical (unpaired) electrons. The van der Waals surface area contributed by atoms with Crippen molar-refractivity contribution in [3.05, 3.63) is 54.1 Å². The van der Waals surface area contributed by atoms with Gasteiger partial charge in [0.15, 0.2) is 0 Å². The van der Waals surface area contributed by atoms with Crippen molar-refractivity contribution >= 4 is 28.9 Å². The summed E-state index contributed by atoms with van der Waals surface area (Å²) in [4.78, 5) is 23.8. The molecular weight excluding hydrogens is 302 g/mol. The van der Waals surface area contributed by atoms with Gasteiger partial charge in [-0.25, -0.2) is 0 Å². The van der Waals surface area contributed by atoms with Crippen LogP contribution >= 0.6 is 0 Å². The Balaban J connectivity index is 1.89. The maximum atomic E-state index is 12.0. The largest absolute Gasteiger partial charge is 0.376 e. The number of rotatable bonds is 6. The second-order valence-corrected chi connectivity index (χ2v) is 5.99. The van der Waals surface area contributed by atoms with Gasteiger partial charge in [-0.15, -0.1) is 0 Å². The zero-order valence-electron chi connectivity index (χ0n) is 14.2. The summed E-state index contributed by atoms with van der Waals surface area (Å²) in [5.41, 5.74) is 3.38. The predicted octanol–water partition coefficient (Wildman–Crippen LogP) is 3.64. The van der Waals surface area contributed by atoms with Crippen molar-refractivity contribution in [1.29, 1.82) is 0 Å². The summed E-state index contributed by atoms with van der Waals surface area (Å²) in [5.74, 6) is -0.301. The van der Waals surface area contributed by atoms with Gasteiger partial charge in [-0.1, -0.05) is 37.6 Å². The third kappa shape index (κ3) is 5.43. The summed E-state index contributed by atoms with van der Waals surface area (Å²) in [7, 11) is 0. The highest BCUT2D eigenvalue weighted by Crippen LogP contribution is 2.16. The Hall–Kier alpha value is -2.82. The lowest BCUT2D eigenvalue weighted by atomic mass is 10.2. The summed E-state index contributed by atoms with van der Waals surface area (Å²) >= 11 is 0. The van der Waals surface area contributed by atoms with E-state index in [4.69, 9.17) is 0 Å². The lowest BCUT2D eigenvalue weighted by Gasteiger charge is -2.11. The standard InChI is InChI=1S/C19H23N3O2/c1-13(2)19(24)22-17-6-4-5-16(11-17)21-18(23)12-20-15-9-7-14(3)8-10-15/h4-11,13,20H,12H2,1-3H3,(H,21,23)(H,22,24). The molecule has 0 saturated heterocycles. The first-order valence-electron chi connectivity index (χ1n) is 7.95. The second kappa shape index (κ2) is 8.15. The van der Waals surface area contributed by atoms with Crippen LogP contribution in [0.2, 0.25) is 0 Å². The quantitative estimate of drug-likeness (QED) is 0.759. The van der Waals surface area contributed by atoms with Crippen molar-refractivity contribution in [1.82, 2.24) is 0 Å². The minimum atomic E-state index is -0.150. The van der Waals surface area contributed by atoms with Crippen molar-refractivity contribution in [2.75, 3.05) is 22.5 Å². The second-order valence-electron chi connectivity index (χ2n) is 5.99. The molecule has 0 atom stereocenters. The van der Waals surface area contributed by atoms with Crippen LogP contribution < -0.4 is 16.0 Å². The lowest BCUT2D eigenvalue weighted by molar-refractivity contribution is -0.119. The van der Waals surface area contributed by atoms with Crippen molar-refractivity contribution in [2.45, 2.75) is 20.8 Å². The van der Waals surface area contributed by atoms with E-state index in [0.717, 1.165) is 5.69 Å². The van der Waals surface area contributed by atoms with Gasteiger partial charge in [0.25, 0.3) is 0 Å². The Morgan fingerprint density at radius 2 is 1.54 bits per heavy atom. The third-order valence-corrected chi connectivity index (χ3v) is 3.44. The van der Waals surface area contributed by atoms with Gasteiger partial charge < -0.3 is 16.0 Å². The summed E-state index contributed by atoms with van der Waals surface area (Å²) in [6, 6.07) is 15.0. The van der Waals surface area contributed by atoms with E-state index >= 15 is 0 Å². The van der Waals surface area contributed by atoms with Crippen LogP contribution in [0.15, 0.2) is 48.5 Å². The first kappa shape index (κ1) is 17.5. The molecule has 0 fully saturated rings. The maximum Gasteiger partial charge on any atom is 0.243 e.